The molecule has 2 aliphatic rings. The van der Waals surface area contributed by atoms with E-state index in [0.717, 1.165) is 21.3 Å². The van der Waals surface area contributed by atoms with Crippen LogP contribution in [0, 0.1) is 0 Å². The van der Waals surface area contributed by atoms with Gasteiger partial charge in [-0.25, -0.2) is 14.4 Å². The molecule has 0 aromatic heterocycles. The van der Waals surface area contributed by atoms with Crippen LogP contribution in [-0.2, 0) is 42.8 Å². The normalized spacial score (nSPS) is 42.2. The molecule has 14 nitrogen and oxygen atoms in total. The molecule has 2 saturated heterocycles. The Labute approximate surface area is 163 Å². The molecule has 0 spiro atoms. The van der Waals surface area contributed by atoms with Gasteiger partial charge in [-0.15, -0.1) is 0 Å². The monoisotopic (exact) mass is 426 g/mol. The predicted molar refractivity (Wildman–Crippen MR) is 83.4 cm³/mol. The lowest BCUT2D eigenvalue weighted by molar-refractivity contribution is -0.364. The van der Waals surface area contributed by atoms with Crippen molar-refractivity contribution in [1.29, 1.82) is 0 Å². The molecule has 0 aliphatic carbocycles. The summed E-state index contributed by atoms with van der Waals surface area (Å²) in [7, 11) is 2.79. The van der Waals surface area contributed by atoms with Crippen molar-refractivity contribution < 1.29 is 68.3 Å². The molecule has 0 aromatic rings. The highest BCUT2D eigenvalue weighted by atomic mass is 16.8. The third-order valence-corrected chi connectivity index (χ3v) is 4.52. The Bertz CT molecular complexity index is 639. The zero-order valence-corrected chi connectivity index (χ0v) is 15.5. The van der Waals surface area contributed by atoms with Crippen LogP contribution in [0.4, 0.5) is 0 Å². The smallest absolute Gasteiger partial charge is 0.369 e. The number of hydrogen-bond donors (Lipinski definition) is 5. The highest BCUT2D eigenvalue weighted by molar-refractivity contribution is 5.83. The van der Waals surface area contributed by atoms with Gasteiger partial charge in [-0.2, -0.15) is 0 Å². The van der Waals surface area contributed by atoms with Gasteiger partial charge >= 0.3 is 23.7 Å². The fourth-order valence-corrected chi connectivity index (χ4v) is 2.91. The molecule has 0 bridgehead atoms. The van der Waals surface area contributed by atoms with Crippen LogP contribution < -0.4 is 0 Å². The number of ether oxygens (including phenoxy) is 6. The van der Waals surface area contributed by atoms with Crippen molar-refractivity contribution >= 4 is 17.9 Å². The average Bonchev–Trinajstić information content (AvgIpc) is 2.98. The first-order valence-electron chi connectivity index (χ1n) is 8.21. The number of methoxy groups -OCH3 is 3. The van der Waals surface area contributed by atoms with Crippen LogP contribution in [0.1, 0.15) is 0 Å². The van der Waals surface area contributed by atoms with Gasteiger partial charge in [0.15, 0.2) is 18.5 Å². The van der Waals surface area contributed by atoms with Crippen molar-refractivity contribution in [2.45, 2.75) is 54.8 Å². The molecule has 2 fully saturated rings. The zero-order valence-electron chi connectivity index (χ0n) is 15.5. The maximum atomic E-state index is 12.3. The Morgan fingerprint density at radius 1 is 0.759 bits per heavy atom. The summed E-state index contributed by atoms with van der Waals surface area (Å²) in [6, 6.07) is 0. The Hall–Kier alpha value is -1.91. The van der Waals surface area contributed by atoms with Gasteiger partial charge in [0.25, 0.3) is 0 Å². The summed E-state index contributed by atoms with van der Waals surface area (Å²) in [5.41, 5.74) is 0. The maximum Gasteiger partial charge on any atom is 0.369 e. The molecule has 0 radical (unpaired) electrons. The average molecular weight is 426 g/mol. The predicted octanol–water partition coefficient (Wildman–Crippen LogP) is -4.85. The highest BCUT2D eigenvalue weighted by Crippen LogP contribution is 2.37. The first-order chi connectivity index (χ1) is 13.5. The number of hydrogen-bond acceptors (Lipinski definition) is 14. The van der Waals surface area contributed by atoms with Gasteiger partial charge in [-0.3, -0.25) is 0 Å². The third-order valence-electron chi connectivity index (χ3n) is 4.52. The van der Waals surface area contributed by atoms with Crippen LogP contribution in [0.15, 0.2) is 0 Å². The van der Waals surface area contributed by atoms with Crippen molar-refractivity contribution in [3.63, 3.8) is 0 Å². The number of rotatable bonds is 5. The number of aliphatic hydroxyl groups is 5. The Morgan fingerprint density at radius 2 is 1.31 bits per heavy atom. The van der Waals surface area contributed by atoms with Crippen LogP contribution in [-0.4, -0.2) is 120 Å². The number of aliphatic hydroxyl groups excluding tert-OH is 5. The van der Waals surface area contributed by atoms with E-state index in [1.165, 1.54) is 0 Å². The number of carbonyl (C=O) groups excluding carboxylic acids is 3. The second-order valence-electron chi connectivity index (χ2n) is 6.19. The fraction of sp³-hybridized carbons (Fsp3) is 0.800. The lowest BCUT2D eigenvalue weighted by Gasteiger charge is -2.42. The van der Waals surface area contributed by atoms with Crippen molar-refractivity contribution in [3.8, 4) is 0 Å². The van der Waals surface area contributed by atoms with E-state index in [1.807, 2.05) is 0 Å². The van der Waals surface area contributed by atoms with E-state index in [-0.39, 0.29) is 0 Å². The molecule has 2 rings (SSSR count). The van der Waals surface area contributed by atoms with Crippen LogP contribution in [0.3, 0.4) is 0 Å². The molecule has 5 N–H and O–H groups in total. The van der Waals surface area contributed by atoms with Crippen LogP contribution in [0.5, 0.6) is 0 Å². The Morgan fingerprint density at radius 3 is 1.83 bits per heavy atom. The van der Waals surface area contributed by atoms with Crippen LogP contribution >= 0.6 is 0 Å². The summed E-state index contributed by atoms with van der Waals surface area (Å²) in [6.07, 6.45) is -16.1. The molecule has 14 heteroatoms. The van der Waals surface area contributed by atoms with E-state index in [9.17, 15) is 39.9 Å². The molecule has 2 aliphatic heterocycles. The first kappa shape index (κ1) is 23.4. The van der Waals surface area contributed by atoms with E-state index in [4.69, 9.17) is 14.2 Å². The number of esters is 3. The van der Waals surface area contributed by atoms with E-state index in [1.54, 1.807) is 0 Å². The van der Waals surface area contributed by atoms with Crippen molar-refractivity contribution in [3.05, 3.63) is 0 Å². The third kappa shape index (κ3) is 3.93. The van der Waals surface area contributed by atoms with Crippen molar-refractivity contribution in [1.82, 2.24) is 0 Å². The van der Waals surface area contributed by atoms with E-state index in [2.05, 4.69) is 14.2 Å². The van der Waals surface area contributed by atoms with Crippen molar-refractivity contribution in [2.75, 3.05) is 21.3 Å². The first-order valence-corrected chi connectivity index (χ1v) is 8.21. The fourth-order valence-electron chi connectivity index (χ4n) is 2.91. The van der Waals surface area contributed by atoms with E-state index >= 15 is 0 Å². The second kappa shape index (κ2) is 8.85. The topological polar surface area (TPSA) is 208 Å². The molecule has 1 unspecified atom stereocenters. The van der Waals surface area contributed by atoms with E-state index < -0.39 is 72.7 Å². The Kier molecular flexibility index (Phi) is 7.13. The highest BCUT2D eigenvalue weighted by Gasteiger charge is 2.66. The molecule has 2 heterocycles. The van der Waals surface area contributed by atoms with Crippen molar-refractivity contribution in [2.24, 2.45) is 0 Å². The molecule has 0 saturated carbocycles. The largest absolute Gasteiger partial charge is 0.467 e. The summed E-state index contributed by atoms with van der Waals surface area (Å²) in [5.74, 6) is -6.67. The molecule has 9 atom stereocenters. The molecule has 166 valence electrons. The lowest BCUT2D eigenvalue weighted by atomic mass is 9.98. The van der Waals surface area contributed by atoms with E-state index in [0.29, 0.717) is 0 Å². The summed E-state index contributed by atoms with van der Waals surface area (Å²) in [4.78, 5) is 35.8. The summed E-state index contributed by atoms with van der Waals surface area (Å²) in [6.45, 7) is 0. The maximum absolute atomic E-state index is 12.3. The molecule has 0 aromatic carbocycles. The minimum absolute atomic E-state index is 0.870. The van der Waals surface area contributed by atoms with Gasteiger partial charge in [0.1, 0.15) is 30.5 Å². The summed E-state index contributed by atoms with van der Waals surface area (Å²) >= 11 is 0. The second-order valence-corrected chi connectivity index (χ2v) is 6.19. The van der Waals surface area contributed by atoms with Gasteiger partial charge < -0.3 is 54.0 Å². The summed E-state index contributed by atoms with van der Waals surface area (Å²) < 4.78 is 28.7. The zero-order chi connectivity index (χ0) is 22.1. The number of carbonyl (C=O) groups is 3. The van der Waals surface area contributed by atoms with Gasteiger partial charge in [0.05, 0.1) is 21.3 Å². The van der Waals surface area contributed by atoms with Crippen LogP contribution in [0.25, 0.3) is 0 Å². The Balaban J connectivity index is 2.38. The van der Waals surface area contributed by atoms with Crippen LogP contribution in [0.2, 0.25) is 0 Å². The van der Waals surface area contributed by atoms with Gasteiger partial charge in [0, 0.05) is 0 Å². The van der Waals surface area contributed by atoms with Gasteiger partial charge in [-0.1, -0.05) is 0 Å². The molecule has 29 heavy (non-hydrogen) atoms. The SMILES string of the molecule is COC(=O)[C@H]1O[C@@H](OC2(C(=O)OC)O[C@@H](C(=O)OC)[C@H](O)[C@H]2O)[C@H](O)[C@@H](O)[C@@H]1O. The quantitative estimate of drug-likeness (QED) is 0.206. The lowest BCUT2D eigenvalue weighted by Crippen LogP contribution is -2.64. The molecular weight excluding hydrogens is 404 g/mol. The minimum Gasteiger partial charge on any atom is -0.467 e. The van der Waals surface area contributed by atoms with Gasteiger partial charge in [-0.05, 0) is 0 Å². The molecular formula is C15H22O14. The summed E-state index contributed by atoms with van der Waals surface area (Å²) in [5, 5.41) is 50.4. The standard InChI is InChI=1S/C15H22O14/c1-24-11(21)8-5(17)4(16)6(18)13(27-8)29-15(14(23)26-3)10(20)7(19)9(28-15)12(22)25-2/h4-10,13,16-20H,1-3H3/t4-,5-,6+,7-,8-,9+,10+,13-,15?/m0/s1. The van der Waals surface area contributed by atoms with Gasteiger partial charge in [0.2, 0.25) is 0 Å². The minimum atomic E-state index is -2.92. The molecule has 0 amide bonds.